The second-order valence-corrected chi connectivity index (χ2v) is 8.52. The maximum Gasteiger partial charge on any atom is 0.262 e. The fraction of sp³-hybridized carbons (Fsp3) is 0.294. The van der Waals surface area contributed by atoms with Gasteiger partial charge in [-0.05, 0) is 47.7 Å². The Balaban J connectivity index is 2.40. The molecule has 0 unspecified atom stereocenters. The van der Waals surface area contributed by atoms with Crippen molar-refractivity contribution in [3.8, 4) is 0 Å². The van der Waals surface area contributed by atoms with Gasteiger partial charge in [0.2, 0.25) is 0 Å². The lowest BCUT2D eigenvalue weighted by Gasteiger charge is -2.20. The zero-order chi connectivity index (χ0) is 17.4. The minimum absolute atomic E-state index is 0.0970. The molecule has 124 valence electrons. The number of halogens is 2. The lowest BCUT2D eigenvalue weighted by molar-refractivity contribution is 0.590. The molecular formula is C17H19ClFNO2S. The predicted molar refractivity (Wildman–Crippen MR) is 92.1 cm³/mol. The Bertz CT molecular complexity index is 842. The van der Waals surface area contributed by atoms with Crippen LogP contribution in [0.2, 0.25) is 5.02 Å². The van der Waals surface area contributed by atoms with Crippen molar-refractivity contribution < 1.29 is 12.8 Å². The summed E-state index contributed by atoms with van der Waals surface area (Å²) in [5.41, 5.74) is 1.62. The van der Waals surface area contributed by atoms with E-state index in [1.165, 1.54) is 12.1 Å². The maximum atomic E-state index is 13.4. The van der Waals surface area contributed by atoms with Crippen LogP contribution in [0.4, 0.5) is 10.1 Å². The Hall–Kier alpha value is -1.59. The van der Waals surface area contributed by atoms with Crippen LogP contribution in [0, 0.1) is 12.7 Å². The van der Waals surface area contributed by atoms with Crippen LogP contribution < -0.4 is 4.72 Å². The van der Waals surface area contributed by atoms with Gasteiger partial charge < -0.3 is 0 Å². The smallest absolute Gasteiger partial charge is 0.262 e. The van der Waals surface area contributed by atoms with Gasteiger partial charge in [-0.15, -0.1) is 0 Å². The van der Waals surface area contributed by atoms with E-state index >= 15 is 0 Å². The number of hydrogen-bond donors (Lipinski definition) is 1. The van der Waals surface area contributed by atoms with Crippen molar-refractivity contribution in [1.82, 2.24) is 0 Å². The molecular weight excluding hydrogens is 337 g/mol. The third kappa shape index (κ3) is 4.03. The van der Waals surface area contributed by atoms with Gasteiger partial charge in [0.05, 0.1) is 15.6 Å². The van der Waals surface area contributed by atoms with Crippen LogP contribution in [0.3, 0.4) is 0 Å². The molecule has 0 aliphatic heterocycles. The second-order valence-electron chi connectivity index (χ2n) is 6.46. The summed E-state index contributed by atoms with van der Waals surface area (Å²) in [7, 11) is -3.91. The van der Waals surface area contributed by atoms with Crippen molar-refractivity contribution in [2.24, 2.45) is 0 Å². The number of aryl methyl sites for hydroxylation is 1. The largest absolute Gasteiger partial charge is 0.278 e. The first-order valence-electron chi connectivity index (χ1n) is 7.10. The van der Waals surface area contributed by atoms with Gasteiger partial charge in [0.15, 0.2) is 0 Å². The van der Waals surface area contributed by atoms with E-state index in [0.717, 1.165) is 11.6 Å². The molecule has 0 spiro atoms. The van der Waals surface area contributed by atoms with E-state index in [1.807, 2.05) is 26.8 Å². The summed E-state index contributed by atoms with van der Waals surface area (Å²) in [5.74, 6) is -0.606. The zero-order valence-corrected chi connectivity index (χ0v) is 15.0. The van der Waals surface area contributed by atoms with Gasteiger partial charge in [-0.1, -0.05) is 44.5 Å². The van der Waals surface area contributed by atoms with E-state index in [9.17, 15) is 12.8 Å². The Morgan fingerprint density at radius 2 is 1.74 bits per heavy atom. The van der Waals surface area contributed by atoms with Gasteiger partial charge in [-0.2, -0.15) is 0 Å². The van der Waals surface area contributed by atoms with Crippen molar-refractivity contribution in [2.75, 3.05) is 4.72 Å². The molecule has 0 saturated heterocycles. The van der Waals surface area contributed by atoms with E-state index < -0.39 is 15.8 Å². The Labute approximate surface area is 141 Å². The molecule has 2 aromatic rings. The topological polar surface area (TPSA) is 46.2 Å². The summed E-state index contributed by atoms with van der Waals surface area (Å²) in [6.45, 7) is 7.73. The van der Waals surface area contributed by atoms with Crippen LogP contribution in [-0.2, 0) is 15.4 Å². The molecule has 0 atom stereocenters. The van der Waals surface area contributed by atoms with Crippen LogP contribution in [0.15, 0.2) is 41.3 Å². The first-order valence-corrected chi connectivity index (χ1v) is 8.96. The molecule has 23 heavy (non-hydrogen) atoms. The molecule has 0 aliphatic rings. The van der Waals surface area contributed by atoms with Crippen LogP contribution in [0.1, 0.15) is 31.9 Å². The molecule has 2 rings (SSSR count). The van der Waals surface area contributed by atoms with Crippen molar-refractivity contribution in [2.45, 2.75) is 38.0 Å². The Morgan fingerprint density at radius 3 is 2.30 bits per heavy atom. The summed E-state index contributed by atoms with van der Waals surface area (Å²) >= 11 is 6.20. The maximum absolute atomic E-state index is 13.4. The normalized spacial score (nSPS) is 12.3. The first kappa shape index (κ1) is 17.8. The lowest BCUT2D eigenvalue weighted by atomic mass is 9.87. The highest BCUT2D eigenvalue weighted by atomic mass is 35.5. The molecule has 0 heterocycles. The molecule has 6 heteroatoms. The molecule has 0 fully saturated rings. The third-order valence-corrected chi connectivity index (χ3v) is 5.34. The van der Waals surface area contributed by atoms with Gasteiger partial charge >= 0.3 is 0 Å². The van der Waals surface area contributed by atoms with Gasteiger partial charge in [0.1, 0.15) is 5.82 Å². The first-order chi connectivity index (χ1) is 10.5. The van der Waals surface area contributed by atoms with Crippen LogP contribution in [0.5, 0.6) is 0 Å². The highest BCUT2D eigenvalue weighted by Gasteiger charge is 2.20. The molecule has 0 radical (unpaired) electrons. The second kappa shape index (κ2) is 6.13. The molecule has 0 aromatic heterocycles. The molecule has 1 N–H and O–H groups in total. The molecule has 2 aromatic carbocycles. The SMILES string of the molecule is Cc1ccc(F)cc1S(=O)(=O)Nc1ccc(C(C)(C)C)cc1Cl. The van der Waals surface area contributed by atoms with Crippen LogP contribution >= 0.6 is 11.6 Å². The number of nitrogens with one attached hydrogen (secondary N) is 1. The molecule has 0 saturated carbocycles. The van der Waals surface area contributed by atoms with Crippen molar-refractivity contribution in [3.63, 3.8) is 0 Å². The Morgan fingerprint density at radius 1 is 1.09 bits per heavy atom. The third-order valence-electron chi connectivity index (χ3n) is 3.52. The standard InChI is InChI=1S/C17H19ClFNO2S/c1-11-5-7-13(19)10-16(11)23(21,22)20-15-8-6-12(9-14(15)18)17(2,3)4/h5-10,20H,1-4H3. The number of hydrogen-bond acceptors (Lipinski definition) is 2. The van der Waals surface area contributed by atoms with Gasteiger partial charge in [0.25, 0.3) is 10.0 Å². The fourth-order valence-corrected chi connectivity index (χ4v) is 3.75. The van der Waals surface area contributed by atoms with Crippen LogP contribution in [0.25, 0.3) is 0 Å². The quantitative estimate of drug-likeness (QED) is 0.852. The van der Waals surface area contributed by atoms with Crippen molar-refractivity contribution >= 4 is 27.3 Å². The molecule has 3 nitrogen and oxygen atoms in total. The van der Waals surface area contributed by atoms with E-state index in [2.05, 4.69) is 4.72 Å². The average molecular weight is 356 g/mol. The minimum Gasteiger partial charge on any atom is -0.278 e. The Kier molecular flexibility index (Phi) is 4.74. The van der Waals surface area contributed by atoms with E-state index in [-0.39, 0.29) is 16.0 Å². The summed E-state index contributed by atoms with van der Waals surface area (Å²) in [4.78, 5) is -0.103. The predicted octanol–water partition coefficient (Wildman–Crippen LogP) is 4.89. The van der Waals surface area contributed by atoms with Crippen LogP contribution in [-0.4, -0.2) is 8.42 Å². The summed E-state index contributed by atoms with van der Waals surface area (Å²) in [6, 6.07) is 8.82. The summed E-state index contributed by atoms with van der Waals surface area (Å²) < 4.78 is 40.7. The zero-order valence-electron chi connectivity index (χ0n) is 13.4. The monoisotopic (exact) mass is 355 g/mol. The number of rotatable bonds is 3. The lowest BCUT2D eigenvalue weighted by Crippen LogP contribution is -2.16. The molecule has 0 amide bonds. The number of sulfonamides is 1. The number of anilines is 1. The average Bonchev–Trinajstić information content (AvgIpc) is 2.42. The highest BCUT2D eigenvalue weighted by molar-refractivity contribution is 7.92. The molecule has 0 aliphatic carbocycles. The van der Waals surface area contributed by atoms with Gasteiger partial charge in [-0.25, -0.2) is 12.8 Å². The summed E-state index contributed by atoms with van der Waals surface area (Å²) in [6.07, 6.45) is 0. The van der Waals surface area contributed by atoms with Gasteiger partial charge in [-0.3, -0.25) is 4.72 Å². The highest BCUT2D eigenvalue weighted by Crippen LogP contribution is 2.31. The van der Waals surface area contributed by atoms with E-state index in [1.54, 1.807) is 19.1 Å². The summed E-state index contributed by atoms with van der Waals surface area (Å²) in [5, 5.41) is 0.301. The minimum atomic E-state index is -3.91. The van der Waals surface area contributed by atoms with Crippen molar-refractivity contribution in [1.29, 1.82) is 0 Å². The molecule has 0 bridgehead atoms. The van der Waals surface area contributed by atoms with E-state index in [0.29, 0.717) is 10.6 Å². The fourth-order valence-electron chi connectivity index (χ4n) is 2.13. The number of benzene rings is 2. The van der Waals surface area contributed by atoms with Crippen molar-refractivity contribution in [3.05, 3.63) is 58.4 Å². The van der Waals surface area contributed by atoms with Gasteiger partial charge in [0, 0.05) is 0 Å². The van der Waals surface area contributed by atoms with E-state index in [4.69, 9.17) is 11.6 Å².